The van der Waals surface area contributed by atoms with E-state index in [1.165, 1.54) is 0 Å². The first-order valence-electron chi connectivity index (χ1n) is 6.67. The number of likely N-dealkylation sites (N-methyl/N-ethyl adjacent to an activating group) is 1. The van der Waals surface area contributed by atoms with E-state index in [1.54, 1.807) is 13.3 Å². The van der Waals surface area contributed by atoms with Gasteiger partial charge in [-0.15, -0.1) is 0 Å². The average Bonchev–Trinajstić information content (AvgIpc) is 2.79. The second-order valence-electron chi connectivity index (χ2n) is 4.81. The van der Waals surface area contributed by atoms with E-state index < -0.39 is 0 Å². The van der Waals surface area contributed by atoms with Crippen molar-refractivity contribution in [2.45, 2.75) is 25.9 Å². The van der Waals surface area contributed by atoms with Crippen molar-refractivity contribution in [2.24, 2.45) is 5.73 Å². The largest absolute Gasteiger partial charge is 0.493 e. The molecule has 6 nitrogen and oxygen atoms in total. The molecule has 0 aromatic carbocycles. The van der Waals surface area contributed by atoms with E-state index in [9.17, 15) is 0 Å². The SMILES string of the molecule is CCCOCC(N)c1c(OC)cnn1CCN(C)C. The Kier molecular flexibility index (Phi) is 6.83. The normalized spacial score (nSPS) is 12.9. The lowest BCUT2D eigenvalue weighted by Gasteiger charge is -2.17. The number of hydrogen-bond acceptors (Lipinski definition) is 5. The molecule has 1 atom stereocenters. The van der Waals surface area contributed by atoms with Crippen LogP contribution in [-0.4, -0.2) is 55.6 Å². The van der Waals surface area contributed by atoms with E-state index in [0.717, 1.165) is 37.6 Å². The molecule has 1 heterocycles. The topological polar surface area (TPSA) is 65.5 Å². The molecule has 6 heteroatoms. The highest BCUT2D eigenvalue weighted by Gasteiger charge is 2.18. The summed E-state index contributed by atoms with van der Waals surface area (Å²) >= 11 is 0. The van der Waals surface area contributed by atoms with Gasteiger partial charge in [-0.25, -0.2) is 0 Å². The van der Waals surface area contributed by atoms with Crippen LogP contribution in [-0.2, 0) is 11.3 Å². The minimum absolute atomic E-state index is 0.217. The summed E-state index contributed by atoms with van der Waals surface area (Å²) < 4.78 is 12.7. The van der Waals surface area contributed by atoms with Gasteiger partial charge in [0.2, 0.25) is 0 Å². The van der Waals surface area contributed by atoms with Crippen LogP contribution in [0.4, 0.5) is 0 Å². The predicted molar refractivity (Wildman–Crippen MR) is 75.4 cm³/mol. The van der Waals surface area contributed by atoms with E-state index in [1.807, 2.05) is 18.8 Å². The zero-order chi connectivity index (χ0) is 14.3. The standard InChI is InChI=1S/C13H26N4O2/c1-5-8-19-10-11(14)13-12(18-4)9-15-17(13)7-6-16(2)3/h9,11H,5-8,10,14H2,1-4H3. The smallest absolute Gasteiger partial charge is 0.161 e. The summed E-state index contributed by atoms with van der Waals surface area (Å²) in [6.45, 7) is 4.97. The molecule has 0 aliphatic rings. The Morgan fingerprint density at radius 2 is 2.21 bits per heavy atom. The highest BCUT2D eigenvalue weighted by atomic mass is 16.5. The van der Waals surface area contributed by atoms with Crippen LogP contribution in [0.25, 0.3) is 0 Å². The van der Waals surface area contributed by atoms with Crippen LogP contribution in [0.3, 0.4) is 0 Å². The maximum Gasteiger partial charge on any atom is 0.161 e. The zero-order valence-electron chi connectivity index (χ0n) is 12.4. The minimum Gasteiger partial charge on any atom is -0.493 e. The van der Waals surface area contributed by atoms with Crippen molar-refractivity contribution in [1.29, 1.82) is 0 Å². The van der Waals surface area contributed by atoms with E-state index in [0.29, 0.717) is 6.61 Å². The molecular weight excluding hydrogens is 244 g/mol. The quantitative estimate of drug-likeness (QED) is 0.675. The van der Waals surface area contributed by atoms with Crippen molar-refractivity contribution in [2.75, 3.05) is 41.0 Å². The molecule has 0 amide bonds. The number of aromatic nitrogens is 2. The Labute approximate surface area is 115 Å². The maximum absolute atomic E-state index is 6.18. The van der Waals surface area contributed by atoms with Crippen LogP contribution >= 0.6 is 0 Å². The van der Waals surface area contributed by atoms with E-state index in [4.69, 9.17) is 15.2 Å². The number of nitrogens with two attached hydrogens (primary N) is 1. The molecule has 0 spiro atoms. The van der Waals surface area contributed by atoms with Gasteiger partial charge < -0.3 is 20.1 Å². The molecule has 0 aliphatic carbocycles. The fourth-order valence-electron chi connectivity index (χ4n) is 1.82. The van der Waals surface area contributed by atoms with Crippen molar-refractivity contribution >= 4 is 0 Å². The molecule has 19 heavy (non-hydrogen) atoms. The van der Waals surface area contributed by atoms with Gasteiger partial charge in [0.15, 0.2) is 5.75 Å². The van der Waals surface area contributed by atoms with Gasteiger partial charge in [-0.05, 0) is 20.5 Å². The number of rotatable bonds is 9. The lowest BCUT2D eigenvalue weighted by molar-refractivity contribution is 0.118. The summed E-state index contributed by atoms with van der Waals surface area (Å²) in [5.41, 5.74) is 7.09. The highest BCUT2D eigenvalue weighted by molar-refractivity contribution is 5.28. The molecule has 0 bridgehead atoms. The third-order valence-electron chi connectivity index (χ3n) is 2.82. The van der Waals surface area contributed by atoms with Gasteiger partial charge in [-0.2, -0.15) is 5.10 Å². The molecule has 1 rings (SSSR count). The third kappa shape index (κ3) is 4.81. The first-order valence-corrected chi connectivity index (χ1v) is 6.67. The van der Waals surface area contributed by atoms with E-state index in [-0.39, 0.29) is 6.04 Å². The summed E-state index contributed by atoms with van der Waals surface area (Å²) in [5.74, 6) is 0.728. The van der Waals surface area contributed by atoms with Crippen LogP contribution in [0.5, 0.6) is 5.75 Å². The van der Waals surface area contributed by atoms with Crippen LogP contribution in [0.15, 0.2) is 6.20 Å². The molecule has 1 aromatic heterocycles. The Balaban J connectivity index is 2.73. The molecule has 0 saturated heterocycles. The molecule has 2 N–H and O–H groups in total. The summed E-state index contributed by atoms with van der Waals surface area (Å²) in [7, 11) is 5.70. The number of hydrogen-bond donors (Lipinski definition) is 1. The van der Waals surface area contributed by atoms with E-state index in [2.05, 4.69) is 16.9 Å². The highest BCUT2D eigenvalue weighted by Crippen LogP contribution is 2.23. The summed E-state index contributed by atoms with van der Waals surface area (Å²) in [5, 5.41) is 4.34. The third-order valence-corrected chi connectivity index (χ3v) is 2.82. The maximum atomic E-state index is 6.18. The lowest BCUT2D eigenvalue weighted by atomic mass is 10.2. The van der Waals surface area contributed by atoms with E-state index >= 15 is 0 Å². The summed E-state index contributed by atoms with van der Waals surface area (Å²) in [4.78, 5) is 2.11. The number of nitrogens with zero attached hydrogens (tertiary/aromatic N) is 3. The van der Waals surface area contributed by atoms with Crippen LogP contribution in [0, 0.1) is 0 Å². The van der Waals surface area contributed by atoms with Crippen molar-refractivity contribution in [1.82, 2.24) is 14.7 Å². The second-order valence-corrected chi connectivity index (χ2v) is 4.81. The summed E-state index contributed by atoms with van der Waals surface area (Å²) in [6.07, 6.45) is 2.70. The molecule has 1 unspecified atom stereocenters. The van der Waals surface area contributed by atoms with Gasteiger partial charge >= 0.3 is 0 Å². The van der Waals surface area contributed by atoms with Gasteiger partial charge in [0, 0.05) is 13.2 Å². The van der Waals surface area contributed by atoms with Crippen molar-refractivity contribution in [3.05, 3.63) is 11.9 Å². The molecule has 0 aliphatic heterocycles. The Morgan fingerprint density at radius 1 is 1.47 bits per heavy atom. The monoisotopic (exact) mass is 270 g/mol. The summed E-state index contributed by atoms with van der Waals surface area (Å²) in [6, 6.07) is -0.217. The fraction of sp³-hybridized carbons (Fsp3) is 0.769. The van der Waals surface area contributed by atoms with Crippen LogP contribution in [0.1, 0.15) is 25.1 Å². The van der Waals surface area contributed by atoms with Crippen molar-refractivity contribution in [3.63, 3.8) is 0 Å². The molecular formula is C13H26N4O2. The Hall–Kier alpha value is -1.11. The second kappa shape index (κ2) is 8.14. The number of ether oxygens (including phenoxy) is 2. The van der Waals surface area contributed by atoms with Gasteiger partial charge in [0.05, 0.1) is 38.2 Å². The molecule has 1 aromatic rings. The van der Waals surface area contributed by atoms with Gasteiger partial charge in [0.1, 0.15) is 0 Å². The molecule has 110 valence electrons. The van der Waals surface area contributed by atoms with Gasteiger partial charge in [-0.1, -0.05) is 6.92 Å². The first kappa shape index (κ1) is 15.9. The Morgan fingerprint density at radius 3 is 2.79 bits per heavy atom. The van der Waals surface area contributed by atoms with Crippen LogP contribution < -0.4 is 10.5 Å². The predicted octanol–water partition coefficient (Wildman–Crippen LogP) is 0.880. The van der Waals surface area contributed by atoms with Gasteiger partial charge in [0.25, 0.3) is 0 Å². The fourth-order valence-corrected chi connectivity index (χ4v) is 1.82. The van der Waals surface area contributed by atoms with Crippen molar-refractivity contribution < 1.29 is 9.47 Å². The van der Waals surface area contributed by atoms with Crippen molar-refractivity contribution in [3.8, 4) is 5.75 Å². The minimum atomic E-state index is -0.217. The lowest BCUT2D eigenvalue weighted by Crippen LogP contribution is -2.25. The molecule has 0 radical (unpaired) electrons. The van der Waals surface area contributed by atoms with Crippen LogP contribution in [0.2, 0.25) is 0 Å². The zero-order valence-corrected chi connectivity index (χ0v) is 12.4. The number of methoxy groups -OCH3 is 1. The molecule has 0 fully saturated rings. The average molecular weight is 270 g/mol. The first-order chi connectivity index (χ1) is 9.10. The Bertz CT molecular complexity index is 366. The molecule has 0 saturated carbocycles. The van der Waals surface area contributed by atoms with Gasteiger partial charge in [-0.3, -0.25) is 4.68 Å².